The number of hydrogen-bond acceptors (Lipinski definition) is 5. The minimum absolute atomic E-state index is 0.0916. The molecule has 8 atom stereocenters. The van der Waals surface area contributed by atoms with Crippen molar-refractivity contribution in [3.05, 3.63) is 11.6 Å². The van der Waals surface area contributed by atoms with E-state index in [4.69, 9.17) is 9.47 Å². The lowest BCUT2D eigenvalue weighted by Gasteiger charge is -2.56. The summed E-state index contributed by atoms with van der Waals surface area (Å²) in [6.45, 7) is 10.6. The number of carbonyl (C=O) groups is 2. The molecule has 2 saturated carbocycles. The van der Waals surface area contributed by atoms with E-state index in [2.05, 4.69) is 20.8 Å². The fourth-order valence-corrected chi connectivity index (χ4v) is 6.39. The fourth-order valence-electron chi connectivity index (χ4n) is 6.39. The number of carbonyl (C=O) groups excluding carboxylic acids is 1. The van der Waals surface area contributed by atoms with Gasteiger partial charge in [-0.15, -0.1) is 0 Å². The van der Waals surface area contributed by atoms with Crippen molar-refractivity contribution in [2.75, 3.05) is 6.61 Å². The molecule has 3 rings (SSSR count). The lowest BCUT2D eigenvalue weighted by atomic mass is 9.50. The second-order valence-electron chi connectivity index (χ2n) is 10.6. The third-order valence-electron chi connectivity index (χ3n) is 8.29. The van der Waals surface area contributed by atoms with Crippen LogP contribution in [0.25, 0.3) is 0 Å². The molecule has 0 aromatic heterocycles. The molecular weight excluding hydrogens is 396 g/mol. The molecule has 31 heavy (non-hydrogen) atoms. The fraction of sp³-hybridized carbons (Fsp3) is 0.840. The van der Waals surface area contributed by atoms with Crippen LogP contribution >= 0.6 is 0 Å². The molecule has 0 bridgehead atoms. The Kier molecular flexibility index (Phi) is 7.21. The molecule has 0 amide bonds. The first-order chi connectivity index (χ1) is 14.5. The maximum atomic E-state index is 12.9. The van der Waals surface area contributed by atoms with Crippen LogP contribution in [-0.4, -0.2) is 40.6 Å². The summed E-state index contributed by atoms with van der Waals surface area (Å²) in [6.07, 6.45) is 6.72. The number of rotatable bonds is 7. The molecule has 0 aromatic rings. The molecule has 0 radical (unpaired) electrons. The summed E-state index contributed by atoms with van der Waals surface area (Å²) in [7, 11) is 0. The van der Waals surface area contributed by atoms with Crippen molar-refractivity contribution in [3.8, 4) is 0 Å². The zero-order chi connectivity index (χ0) is 23.0. The van der Waals surface area contributed by atoms with E-state index in [1.807, 2.05) is 13.0 Å². The van der Waals surface area contributed by atoms with Gasteiger partial charge < -0.3 is 19.7 Å². The molecule has 176 valence electrons. The molecule has 2 N–H and O–H groups in total. The summed E-state index contributed by atoms with van der Waals surface area (Å²) in [5, 5.41) is 21.1. The van der Waals surface area contributed by atoms with Crippen molar-refractivity contribution in [1.29, 1.82) is 0 Å². The second kappa shape index (κ2) is 9.22. The summed E-state index contributed by atoms with van der Waals surface area (Å²) in [5.41, 5.74) is 0.0590. The second-order valence-corrected chi connectivity index (χ2v) is 10.6. The van der Waals surface area contributed by atoms with E-state index in [1.54, 1.807) is 6.92 Å². The average Bonchev–Trinajstić information content (AvgIpc) is 2.98. The van der Waals surface area contributed by atoms with E-state index < -0.39 is 29.2 Å². The maximum Gasteiger partial charge on any atom is 0.333 e. The Bertz CT molecular complexity index is 717. The number of aliphatic carboxylic acids is 1. The summed E-state index contributed by atoms with van der Waals surface area (Å²) >= 11 is 0. The van der Waals surface area contributed by atoms with Gasteiger partial charge in [-0.2, -0.15) is 0 Å². The molecule has 1 unspecified atom stereocenters. The largest absolute Gasteiger partial charge is 0.481 e. The molecule has 1 saturated heterocycles. The van der Waals surface area contributed by atoms with Gasteiger partial charge in [0.2, 0.25) is 0 Å². The Labute approximate surface area is 186 Å². The van der Waals surface area contributed by atoms with Crippen LogP contribution in [0.15, 0.2) is 11.6 Å². The Morgan fingerprint density at radius 1 is 1.26 bits per heavy atom. The zero-order valence-corrected chi connectivity index (χ0v) is 19.7. The van der Waals surface area contributed by atoms with Gasteiger partial charge in [0, 0.05) is 23.8 Å². The lowest BCUT2D eigenvalue weighted by molar-refractivity contribution is -0.261. The van der Waals surface area contributed by atoms with Crippen molar-refractivity contribution in [3.63, 3.8) is 0 Å². The van der Waals surface area contributed by atoms with Crippen LogP contribution < -0.4 is 0 Å². The summed E-state index contributed by atoms with van der Waals surface area (Å²) < 4.78 is 11.8. The van der Waals surface area contributed by atoms with Crippen LogP contribution in [0, 0.1) is 35.0 Å². The Morgan fingerprint density at radius 2 is 1.97 bits per heavy atom. The molecule has 3 aliphatic rings. The quantitative estimate of drug-likeness (QED) is 0.449. The van der Waals surface area contributed by atoms with Crippen LogP contribution in [0.2, 0.25) is 0 Å². The molecule has 1 aliphatic heterocycles. The predicted molar refractivity (Wildman–Crippen MR) is 117 cm³/mol. The normalized spacial score (nSPS) is 41.2. The van der Waals surface area contributed by atoms with Crippen molar-refractivity contribution < 1.29 is 29.3 Å². The SMILES string of the molecule is CCCCC(C)/C=C(/C)C(=O)O[C@@H]1CC[C@H](C(=O)O)[C@@]2(C)C[C@H]3[C@@H](C)CO[C@]3(O)C[C@H]12. The maximum absolute atomic E-state index is 12.9. The summed E-state index contributed by atoms with van der Waals surface area (Å²) in [6, 6.07) is 0. The highest BCUT2D eigenvalue weighted by molar-refractivity contribution is 5.88. The zero-order valence-electron chi connectivity index (χ0n) is 19.7. The number of ether oxygens (including phenoxy) is 2. The highest BCUT2D eigenvalue weighted by atomic mass is 16.6. The first-order valence-corrected chi connectivity index (χ1v) is 12.0. The Morgan fingerprint density at radius 3 is 2.61 bits per heavy atom. The number of hydrogen-bond donors (Lipinski definition) is 2. The van der Waals surface area contributed by atoms with Gasteiger partial charge in [0.05, 0.1) is 12.5 Å². The van der Waals surface area contributed by atoms with Crippen molar-refractivity contribution >= 4 is 11.9 Å². The van der Waals surface area contributed by atoms with Crippen LogP contribution in [0.5, 0.6) is 0 Å². The topological polar surface area (TPSA) is 93.1 Å². The highest BCUT2D eigenvalue weighted by Crippen LogP contribution is 2.61. The molecular formula is C25H40O6. The van der Waals surface area contributed by atoms with E-state index >= 15 is 0 Å². The van der Waals surface area contributed by atoms with E-state index in [-0.39, 0.29) is 23.7 Å². The Hall–Kier alpha value is -1.40. The van der Waals surface area contributed by atoms with E-state index in [0.29, 0.717) is 43.8 Å². The van der Waals surface area contributed by atoms with Gasteiger partial charge >= 0.3 is 11.9 Å². The smallest absolute Gasteiger partial charge is 0.333 e. The Balaban J connectivity index is 1.80. The minimum atomic E-state index is -1.26. The minimum Gasteiger partial charge on any atom is -0.481 e. The van der Waals surface area contributed by atoms with E-state index in [1.165, 1.54) is 0 Å². The van der Waals surface area contributed by atoms with Gasteiger partial charge in [-0.3, -0.25) is 4.79 Å². The van der Waals surface area contributed by atoms with E-state index in [0.717, 1.165) is 19.3 Å². The van der Waals surface area contributed by atoms with Gasteiger partial charge in [-0.1, -0.05) is 46.6 Å². The van der Waals surface area contributed by atoms with Gasteiger partial charge in [-0.25, -0.2) is 4.79 Å². The number of carboxylic acid groups (broad SMARTS) is 1. The molecule has 3 fully saturated rings. The third-order valence-corrected chi connectivity index (χ3v) is 8.29. The molecule has 6 heteroatoms. The number of aliphatic hydroxyl groups is 1. The molecule has 0 spiro atoms. The number of esters is 1. The molecule has 6 nitrogen and oxygen atoms in total. The number of unbranched alkanes of at least 4 members (excludes halogenated alkanes) is 1. The first-order valence-electron chi connectivity index (χ1n) is 12.0. The van der Waals surface area contributed by atoms with E-state index in [9.17, 15) is 19.8 Å². The standard InChI is InChI=1S/C25H40O6/c1-6-7-8-15(2)11-16(3)23(28)31-21-10-9-18(22(26)27)24(5)12-19-17(4)14-30-25(19,29)13-20(21)24/h11,15,17-21,29H,6-10,12-14H2,1-5H3,(H,26,27)/b16-11-/t15?,17-,18+,19-,20+,21+,24+,25+/m0/s1. The van der Waals surface area contributed by atoms with Crippen molar-refractivity contribution in [2.45, 2.75) is 91.5 Å². The molecule has 0 aromatic carbocycles. The third kappa shape index (κ3) is 4.70. The van der Waals surface area contributed by atoms with Crippen LogP contribution in [0.1, 0.15) is 79.6 Å². The highest BCUT2D eigenvalue weighted by Gasteiger charge is 2.63. The number of fused-ring (bicyclic) bond motifs is 2. The summed E-state index contributed by atoms with van der Waals surface area (Å²) in [5.74, 6) is -2.74. The molecule has 2 aliphatic carbocycles. The summed E-state index contributed by atoms with van der Waals surface area (Å²) in [4.78, 5) is 25.0. The molecule has 1 heterocycles. The first kappa shape index (κ1) is 24.2. The monoisotopic (exact) mass is 436 g/mol. The van der Waals surface area contributed by atoms with Crippen LogP contribution in [-0.2, 0) is 19.1 Å². The number of carboxylic acids is 1. The average molecular weight is 437 g/mol. The predicted octanol–water partition coefficient (Wildman–Crippen LogP) is 4.55. The van der Waals surface area contributed by atoms with Gasteiger partial charge in [0.25, 0.3) is 0 Å². The lowest BCUT2D eigenvalue weighted by Crippen LogP contribution is -2.59. The van der Waals surface area contributed by atoms with Crippen LogP contribution in [0.4, 0.5) is 0 Å². The van der Waals surface area contributed by atoms with Crippen molar-refractivity contribution in [2.24, 2.45) is 35.0 Å². The van der Waals surface area contributed by atoms with Gasteiger partial charge in [0.1, 0.15) is 6.10 Å². The van der Waals surface area contributed by atoms with Crippen LogP contribution in [0.3, 0.4) is 0 Å². The number of allylic oxidation sites excluding steroid dienone is 1. The van der Waals surface area contributed by atoms with Crippen molar-refractivity contribution in [1.82, 2.24) is 0 Å². The van der Waals surface area contributed by atoms with Gasteiger partial charge in [-0.05, 0) is 49.9 Å². The van der Waals surface area contributed by atoms with Gasteiger partial charge in [0.15, 0.2) is 5.79 Å².